The molecule has 0 aliphatic heterocycles. The number of benzene rings is 2. The maximum absolute atomic E-state index is 13.6. The van der Waals surface area contributed by atoms with Crippen LogP contribution in [0.4, 0.5) is 17.6 Å². The van der Waals surface area contributed by atoms with E-state index in [1.165, 1.54) is 27.3 Å². The van der Waals surface area contributed by atoms with Crippen LogP contribution in [-0.4, -0.2) is 18.9 Å². The van der Waals surface area contributed by atoms with Gasteiger partial charge in [-0.25, -0.2) is 9.18 Å². The second-order valence-corrected chi connectivity index (χ2v) is 7.49. The molecule has 2 heterocycles. The van der Waals surface area contributed by atoms with Crippen molar-refractivity contribution in [2.75, 3.05) is 0 Å². The molecule has 0 unspecified atom stereocenters. The molecular weight excluding hydrogens is 440 g/mol. The monoisotopic (exact) mass is 460 g/mol. The fraction of sp³-hybridized carbons (Fsp3) is 0.217. The predicted octanol–water partition coefficient (Wildman–Crippen LogP) is 5.16. The Bertz CT molecular complexity index is 1330. The third kappa shape index (κ3) is 4.84. The quantitative estimate of drug-likeness (QED) is 0.374. The maximum Gasteiger partial charge on any atom is 0.416 e. The van der Waals surface area contributed by atoms with Gasteiger partial charge in [0.25, 0.3) is 0 Å². The minimum absolute atomic E-state index is 0.00689. The Kier molecular flexibility index (Phi) is 5.84. The van der Waals surface area contributed by atoms with E-state index >= 15 is 0 Å². The van der Waals surface area contributed by atoms with E-state index in [9.17, 15) is 22.4 Å². The molecule has 172 valence electrons. The lowest BCUT2D eigenvalue weighted by atomic mass is 10.1. The number of aromatic nitrogens is 4. The van der Waals surface area contributed by atoms with Gasteiger partial charge < -0.3 is 4.74 Å². The standard InChI is InChI=1S/C23H20F4N4O2/c1-3-30-14-16(11-28-30)13-29-12-15(2)31(22(29)32)19-8-17(23(25,26)27)9-21(10-19)33-20-6-4-18(24)5-7-20/h4-12,14H,3,13H2,1-2H3. The van der Waals surface area contributed by atoms with Crippen LogP contribution in [0.15, 0.2) is 65.8 Å². The van der Waals surface area contributed by atoms with E-state index in [0.29, 0.717) is 12.2 Å². The topological polar surface area (TPSA) is 54.0 Å². The molecule has 33 heavy (non-hydrogen) atoms. The highest BCUT2D eigenvalue weighted by Gasteiger charge is 2.32. The van der Waals surface area contributed by atoms with E-state index in [1.807, 2.05) is 6.92 Å². The Labute approximate surface area is 186 Å². The number of ether oxygens (including phenoxy) is 1. The summed E-state index contributed by atoms with van der Waals surface area (Å²) >= 11 is 0. The van der Waals surface area contributed by atoms with Crippen LogP contribution in [0.2, 0.25) is 0 Å². The van der Waals surface area contributed by atoms with Crippen molar-refractivity contribution >= 4 is 0 Å². The zero-order chi connectivity index (χ0) is 23.8. The number of halogens is 4. The lowest BCUT2D eigenvalue weighted by molar-refractivity contribution is -0.137. The first-order valence-electron chi connectivity index (χ1n) is 10.1. The number of imidazole rings is 1. The Balaban J connectivity index is 1.75. The van der Waals surface area contributed by atoms with E-state index in [1.54, 1.807) is 30.2 Å². The van der Waals surface area contributed by atoms with Crippen LogP contribution in [0.25, 0.3) is 5.69 Å². The third-order valence-electron chi connectivity index (χ3n) is 5.02. The second-order valence-electron chi connectivity index (χ2n) is 7.49. The molecule has 0 spiro atoms. The number of nitrogens with zero attached hydrogens (tertiary/aromatic N) is 4. The Morgan fingerprint density at radius 1 is 1.03 bits per heavy atom. The fourth-order valence-corrected chi connectivity index (χ4v) is 3.48. The number of hydrogen-bond donors (Lipinski definition) is 0. The molecule has 0 aliphatic rings. The van der Waals surface area contributed by atoms with Gasteiger partial charge in [-0.1, -0.05) is 0 Å². The van der Waals surface area contributed by atoms with E-state index in [-0.39, 0.29) is 23.7 Å². The average molecular weight is 460 g/mol. The van der Waals surface area contributed by atoms with Gasteiger partial charge in [0, 0.05) is 36.3 Å². The highest BCUT2D eigenvalue weighted by atomic mass is 19.4. The van der Waals surface area contributed by atoms with Gasteiger partial charge in [-0.05, 0) is 50.2 Å². The van der Waals surface area contributed by atoms with Gasteiger partial charge in [0.15, 0.2) is 0 Å². The lowest BCUT2D eigenvalue weighted by Crippen LogP contribution is -2.24. The summed E-state index contributed by atoms with van der Waals surface area (Å²) in [6.07, 6.45) is 0.359. The van der Waals surface area contributed by atoms with Crippen molar-refractivity contribution in [1.82, 2.24) is 18.9 Å². The van der Waals surface area contributed by atoms with Crippen LogP contribution >= 0.6 is 0 Å². The van der Waals surface area contributed by atoms with Gasteiger partial charge >= 0.3 is 11.9 Å². The van der Waals surface area contributed by atoms with Gasteiger partial charge in [0.05, 0.1) is 24.0 Å². The van der Waals surface area contributed by atoms with Crippen LogP contribution in [0.3, 0.4) is 0 Å². The van der Waals surface area contributed by atoms with E-state index in [4.69, 9.17) is 4.74 Å². The molecular formula is C23H20F4N4O2. The van der Waals surface area contributed by atoms with Crippen molar-refractivity contribution in [1.29, 1.82) is 0 Å². The lowest BCUT2D eigenvalue weighted by Gasteiger charge is -2.14. The number of alkyl halides is 3. The van der Waals surface area contributed by atoms with E-state index in [2.05, 4.69) is 5.10 Å². The highest BCUT2D eigenvalue weighted by Crippen LogP contribution is 2.35. The molecule has 2 aromatic heterocycles. The van der Waals surface area contributed by atoms with Gasteiger partial charge in [-0.3, -0.25) is 13.8 Å². The Morgan fingerprint density at radius 3 is 2.39 bits per heavy atom. The van der Waals surface area contributed by atoms with E-state index < -0.39 is 23.2 Å². The average Bonchev–Trinajstić information content (AvgIpc) is 3.32. The molecule has 0 saturated heterocycles. The maximum atomic E-state index is 13.6. The first kappa shape index (κ1) is 22.4. The number of aryl methyl sites for hydroxylation is 2. The first-order chi connectivity index (χ1) is 15.6. The van der Waals surface area contributed by atoms with Crippen molar-refractivity contribution in [3.8, 4) is 17.2 Å². The van der Waals surface area contributed by atoms with Crippen LogP contribution in [0.1, 0.15) is 23.7 Å². The largest absolute Gasteiger partial charge is 0.457 e. The van der Waals surface area contributed by atoms with Crippen LogP contribution in [0.5, 0.6) is 11.5 Å². The summed E-state index contributed by atoms with van der Waals surface area (Å²) in [5.74, 6) is -0.467. The van der Waals surface area contributed by atoms with Crippen molar-refractivity contribution < 1.29 is 22.3 Å². The van der Waals surface area contributed by atoms with Gasteiger partial charge in [0.2, 0.25) is 0 Å². The molecule has 0 bridgehead atoms. The van der Waals surface area contributed by atoms with Crippen molar-refractivity contribution in [3.63, 3.8) is 0 Å². The summed E-state index contributed by atoms with van der Waals surface area (Å²) in [5.41, 5.74) is -0.216. The molecule has 0 aliphatic carbocycles. The minimum atomic E-state index is -4.66. The van der Waals surface area contributed by atoms with Crippen LogP contribution < -0.4 is 10.4 Å². The molecule has 4 aromatic rings. The van der Waals surface area contributed by atoms with Crippen molar-refractivity contribution in [2.45, 2.75) is 33.1 Å². The van der Waals surface area contributed by atoms with Gasteiger partial charge in [-0.15, -0.1) is 0 Å². The summed E-state index contributed by atoms with van der Waals surface area (Å²) in [6, 6.07) is 7.96. The summed E-state index contributed by atoms with van der Waals surface area (Å²) in [7, 11) is 0. The summed E-state index contributed by atoms with van der Waals surface area (Å²) < 4.78 is 63.7. The zero-order valence-corrected chi connectivity index (χ0v) is 17.8. The summed E-state index contributed by atoms with van der Waals surface area (Å²) in [6.45, 7) is 4.47. The minimum Gasteiger partial charge on any atom is -0.457 e. The molecule has 2 aromatic carbocycles. The van der Waals surface area contributed by atoms with Gasteiger partial charge in [-0.2, -0.15) is 18.3 Å². The van der Waals surface area contributed by atoms with E-state index in [0.717, 1.165) is 29.8 Å². The predicted molar refractivity (Wildman–Crippen MR) is 113 cm³/mol. The molecule has 0 saturated carbocycles. The molecule has 0 amide bonds. The molecule has 0 fully saturated rings. The Hall–Kier alpha value is -3.82. The van der Waals surface area contributed by atoms with Crippen LogP contribution in [-0.2, 0) is 19.3 Å². The zero-order valence-electron chi connectivity index (χ0n) is 17.8. The third-order valence-corrected chi connectivity index (χ3v) is 5.02. The molecule has 6 nitrogen and oxygen atoms in total. The second kappa shape index (κ2) is 8.61. The normalized spacial score (nSPS) is 11.7. The molecule has 4 rings (SSSR count). The smallest absolute Gasteiger partial charge is 0.416 e. The fourth-order valence-electron chi connectivity index (χ4n) is 3.48. The molecule has 10 heteroatoms. The molecule has 0 atom stereocenters. The summed E-state index contributed by atoms with van der Waals surface area (Å²) in [4.78, 5) is 13.1. The first-order valence-corrected chi connectivity index (χ1v) is 10.1. The highest BCUT2D eigenvalue weighted by molar-refractivity contribution is 5.47. The van der Waals surface area contributed by atoms with Crippen molar-refractivity contribution in [3.05, 3.63) is 94.2 Å². The number of rotatable bonds is 6. The molecule has 0 N–H and O–H groups in total. The Morgan fingerprint density at radius 2 is 1.76 bits per heavy atom. The van der Waals surface area contributed by atoms with Crippen LogP contribution in [0, 0.1) is 12.7 Å². The van der Waals surface area contributed by atoms with Gasteiger partial charge in [0.1, 0.15) is 17.3 Å². The SMILES string of the molecule is CCn1cc(Cn2cc(C)n(-c3cc(Oc4ccc(F)cc4)cc(C(F)(F)F)c3)c2=O)cn1. The summed E-state index contributed by atoms with van der Waals surface area (Å²) in [5, 5.41) is 4.17. The van der Waals surface area contributed by atoms with Crippen molar-refractivity contribution in [2.24, 2.45) is 0 Å². The molecule has 0 radical (unpaired) electrons. The number of hydrogen-bond acceptors (Lipinski definition) is 3.